The summed E-state index contributed by atoms with van der Waals surface area (Å²) in [6.45, 7) is 3.10. The van der Waals surface area contributed by atoms with E-state index in [2.05, 4.69) is 39.7 Å². The third-order valence-electron chi connectivity index (χ3n) is 2.92. The summed E-state index contributed by atoms with van der Waals surface area (Å²) in [7, 11) is 1.70. The molecule has 0 aliphatic rings. The molecule has 0 aliphatic carbocycles. The van der Waals surface area contributed by atoms with Crippen LogP contribution in [0.15, 0.2) is 36.7 Å². The molecule has 0 aliphatic heterocycles. The fraction of sp³-hybridized carbons (Fsp3) is 0.429. The van der Waals surface area contributed by atoms with Crippen LogP contribution in [-0.2, 0) is 24.2 Å². The van der Waals surface area contributed by atoms with Gasteiger partial charge < -0.3 is 10.1 Å². The summed E-state index contributed by atoms with van der Waals surface area (Å²) in [6.07, 6.45) is 2.58. The number of hydrogen-bond acceptors (Lipinski definition) is 4. The molecule has 5 heteroatoms. The molecule has 0 bridgehead atoms. The maximum atomic E-state index is 4.99. The van der Waals surface area contributed by atoms with Crippen molar-refractivity contribution in [1.29, 1.82) is 0 Å². The lowest BCUT2D eigenvalue weighted by atomic mass is 10.1. The Bertz CT molecular complexity index is 469. The van der Waals surface area contributed by atoms with Crippen molar-refractivity contribution in [3.8, 4) is 0 Å². The Labute approximate surface area is 113 Å². The number of benzene rings is 1. The molecule has 0 spiro atoms. The van der Waals surface area contributed by atoms with Crippen LogP contribution in [0.5, 0.6) is 0 Å². The van der Waals surface area contributed by atoms with Gasteiger partial charge in [-0.2, -0.15) is 5.10 Å². The molecule has 1 heterocycles. The summed E-state index contributed by atoms with van der Waals surface area (Å²) in [5.74, 6) is 0.965. The highest BCUT2D eigenvalue weighted by Gasteiger charge is 2.03. The maximum absolute atomic E-state index is 4.99. The standard InChI is InChI=1S/C14H20N4O/c1-19-10-8-15-11-14-16-12-17-18(14)9-7-13-5-3-2-4-6-13/h2-6,12,15H,7-11H2,1H3. The van der Waals surface area contributed by atoms with Crippen LogP contribution in [0, 0.1) is 0 Å². The Hall–Kier alpha value is -1.72. The van der Waals surface area contributed by atoms with Crippen LogP contribution in [0.25, 0.3) is 0 Å². The van der Waals surface area contributed by atoms with E-state index in [1.165, 1.54) is 5.56 Å². The number of aryl methyl sites for hydroxylation is 2. The molecule has 0 radical (unpaired) electrons. The van der Waals surface area contributed by atoms with Crippen LogP contribution in [0.4, 0.5) is 0 Å². The Morgan fingerprint density at radius 1 is 1.26 bits per heavy atom. The van der Waals surface area contributed by atoms with Gasteiger partial charge in [-0.25, -0.2) is 9.67 Å². The monoisotopic (exact) mass is 260 g/mol. The summed E-state index contributed by atoms with van der Waals surface area (Å²) in [5, 5.41) is 7.54. The second-order valence-corrected chi connectivity index (χ2v) is 4.30. The van der Waals surface area contributed by atoms with Crippen LogP contribution < -0.4 is 5.32 Å². The molecule has 2 aromatic rings. The Morgan fingerprint density at radius 3 is 2.89 bits per heavy atom. The van der Waals surface area contributed by atoms with Gasteiger partial charge in [0.2, 0.25) is 0 Å². The van der Waals surface area contributed by atoms with Crippen LogP contribution in [0.3, 0.4) is 0 Å². The van der Waals surface area contributed by atoms with Crippen molar-refractivity contribution in [2.75, 3.05) is 20.3 Å². The molecule has 1 aromatic carbocycles. The zero-order valence-electron chi connectivity index (χ0n) is 11.2. The number of hydrogen-bond donors (Lipinski definition) is 1. The Kier molecular flexibility index (Phi) is 5.52. The molecule has 1 aromatic heterocycles. The first-order chi connectivity index (χ1) is 9.40. The molecule has 0 atom stereocenters. The number of methoxy groups -OCH3 is 1. The molecular weight excluding hydrogens is 240 g/mol. The molecule has 0 amide bonds. The van der Waals surface area contributed by atoms with Crippen molar-refractivity contribution in [3.63, 3.8) is 0 Å². The fourth-order valence-corrected chi connectivity index (χ4v) is 1.87. The summed E-state index contributed by atoms with van der Waals surface area (Å²) < 4.78 is 6.94. The van der Waals surface area contributed by atoms with Gasteiger partial charge in [0.05, 0.1) is 13.2 Å². The van der Waals surface area contributed by atoms with Crippen molar-refractivity contribution in [2.24, 2.45) is 0 Å². The minimum atomic E-state index is 0.707. The highest BCUT2D eigenvalue weighted by Crippen LogP contribution is 2.02. The largest absolute Gasteiger partial charge is 0.383 e. The molecule has 0 saturated carbocycles. The molecule has 2 rings (SSSR count). The van der Waals surface area contributed by atoms with Gasteiger partial charge in [-0.15, -0.1) is 0 Å². The average Bonchev–Trinajstić information content (AvgIpc) is 2.90. The first kappa shape index (κ1) is 13.7. The van der Waals surface area contributed by atoms with Gasteiger partial charge in [-0.1, -0.05) is 30.3 Å². The zero-order valence-corrected chi connectivity index (χ0v) is 11.2. The van der Waals surface area contributed by atoms with E-state index < -0.39 is 0 Å². The first-order valence-corrected chi connectivity index (χ1v) is 6.50. The maximum Gasteiger partial charge on any atom is 0.140 e. The van der Waals surface area contributed by atoms with E-state index in [4.69, 9.17) is 4.74 Å². The smallest absolute Gasteiger partial charge is 0.140 e. The minimum absolute atomic E-state index is 0.707. The summed E-state index contributed by atoms with van der Waals surface area (Å²) >= 11 is 0. The lowest BCUT2D eigenvalue weighted by Crippen LogP contribution is -2.21. The normalized spacial score (nSPS) is 10.8. The molecule has 0 fully saturated rings. The lowest BCUT2D eigenvalue weighted by Gasteiger charge is -2.07. The molecule has 5 nitrogen and oxygen atoms in total. The van der Waals surface area contributed by atoms with Gasteiger partial charge in [0, 0.05) is 20.2 Å². The van der Waals surface area contributed by atoms with Crippen molar-refractivity contribution < 1.29 is 4.74 Å². The Balaban J connectivity index is 1.82. The highest BCUT2D eigenvalue weighted by atomic mass is 16.5. The topological polar surface area (TPSA) is 52.0 Å². The fourth-order valence-electron chi connectivity index (χ4n) is 1.87. The number of nitrogens with zero attached hydrogens (tertiary/aromatic N) is 3. The third-order valence-corrected chi connectivity index (χ3v) is 2.92. The second-order valence-electron chi connectivity index (χ2n) is 4.30. The number of rotatable bonds is 8. The van der Waals surface area contributed by atoms with Crippen molar-refractivity contribution in [2.45, 2.75) is 19.5 Å². The third kappa shape index (κ3) is 4.46. The molecule has 19 heavy (non-hydrogen) atoms. The highest BCUT2D eigenvalue weighted by molar-refractivity contribution is 5.14. The molecule has 0 unspecified atom stereocenters. The van der Waals surface area contributed by atoms with Gasteiger partial charge in [0.1, 0.15) is 12.2 Å². The van der Waals surface area contributed by atoms with E-state index in [0.29, 0.717) is 6.61 Å². The van der Waals surface area contributed by atoms with Crippen LogP contribution in [0.2, 0.25) is 0 Å². The summed E-state index contributed by atoms with van der Waals surface area (Å²) in [5.41, 5.74) is 1.32. The molecular formula is C14H20N4O. The summed E-state index contributed by atoms with van der Waals surface area (Å²) in [4.78, 5) is 4.27. The van der Waals surface area contributed by atoms with Crippen molar-refractivity contribution in [1.82, 2.24) is 20.1 Å². The molecule has 0 saturated heterocycles. The SMILES string of the molecule is COCCNCc1ncnn1CCc1ccccc1. The van der Waals surface area contributed by atoms with Crippen LogP contribution in [-0.4, -0.2) is 35.0 Å². The van der Waals surface area contributed by atoms with Gasteiger partial charge in [-0.3, -0.25) is 0 Å². The van der Waals surface area contributed by atoms with Crippen molar-refractivity contribution in [3.05, 3.63) is 48.0 Å². The van der Waals surface area contributed by atoms with E-state index in [1.807, 2.05) is 10.7 Å². The van der Waals surface area contributed by atoms with E-state index in [9.17, 15) is 0 Å². The van der Waals surface area contributed by atoms with Gasteiger partial charge >= 0.3 is 0 Å². The second kappa shape index (κ2) is 7.66. The minimum Gasteiger partial charge on any atom is -0.383 e. The van der Waals surface area contributed by atoms with Gasteiger partial charge in [0.15, 0.2) is 0 Å². The quantitative estimate of drug-likeness (QED) is 0.726. The predicted molar refractivity (Wildman–Crippen MR) is 73.8 cm³/mol. The average molecular weight is 260 g/mol. The van der Waals surface area contributed by atoms with E-state index in [0.717, 1.165) is 31.9 Å². The Morgan fingerprint density at radius 2 is 2.11 bits per heavy atom. The van der Waals surface area contributed by atoms with Crippen LogP contribution >= 0.6 is 0 Å². The molecule has 1 N–H and O–H groups in total. The number of nitrogens with one attached hydrogen (secondary N) is 1. The predicted octanol–water partition coefficient (Wildman–Crippen LogP) is 1.26. The van der Waals surface area contributed by atoms with E-state index >= 15 is 0 Å². The summed E-state index contributed by atoms with van der Waals surface area (Å²) in [6, 6.07) is 10.4. The zero-order chi connectivity index (χ0) is 13.3. The van der Waals surface area contributed by atoms with Gasteiger partial charge in [-0.05, 0) is 12.0 Å². The lowest BCUT2D eigenvalue weighted by molar-refractivity contribution is 0.198. The van der Waals surface area contributed by atoms with E-state index in [-0.39, 0.29) is 0 Å². The van der Waals surface area contributed by atoms with Gasteiger partial charge in [0.25, 0.3) is 0 Å². The van der Waals surface area contributed by atoms with Crippen LogP contribution in [0.1, 0.15) is 11.4 Å². The first-order valence-electron chi connectivity index (χ1n) is 6.50. The molecule has 102 valence electrons. The number of ether oxygens (including phenoxy) is 1. The van der Waals surface area contributed by atoms with E-state index in [1.54, 1.807) is 13.4 Å². The number of aromatic nitrogens is 3. The van der Waals surface area contributed by atoms with Crippen molar-refractivity contribution >= 4 is 0 Å².